The summed E-state index contributed by atoms with van der Waals surface area (Å²) in [6.07, 6.45) is 0. The van der Waals surface area contributed by atoms with Crippen LogP contribution in [-0.4, -0.2) is 36.1 Å². The van der Waals surface area contributed by atoms with Gasteiger partial charge < -0.3 is 19.7 Å². The van der Waals surface area contributed by atoms with Gasteiger partial charge >= 0.3 is 0 Å². The van der Waals surface area contributed by atoms with Crippen LogP contribution in [0.4, 0.5) is 5.69 Å². The van der Waals surface area contributed by atoms with Crippen LogP contribution in [0.5, 0.6) is 17.2 Å². The Hall–Kier alpha value is -3.97. The standard InChI is InChI=1S/C25H20ClNO6/c1-32-16-7-5-6-15(13-16)27-22(14-10-11-19(28)18(26)12-14)21(24(30)25(27)31)23(29)17-8-3-4-9-20(17)33-2/h3-13,22,28-29H,1-2H3/b23-21-. The lowest BCUT2D eigenvalue weighted by Gasteiger charge is -2.26. The van der Waals surface area contributed by atoms with Crippen LogP contribution in [0.25, 0.3) is 5.76 Å². The summed E-state index contributed by atoms with van der Waals surface area (Å²) in [5, 5.41) is 21.2. The van der Waals surface area contributed by atoms with E-state index in [4.69, 9.17) is 21.1 Å². The molecule has 3 aromatic rings. The van der Waals surface area contributed by atoms with E-state index in [1.807, 2.05) is 0 Å². The second kappa shape index (κ2) is 8.88. The van der Waals surface area contributed by atoms with Crippen LogP contribution >= 0.6 is 11.6 Å². The van der Waals surface area contributed by atoms with Crippen molar-refractivity contribution >= 4 is 34.7 Å². The summed E-state index contributed by atoms with van der Waals surface area (Å²) in [5.74, 6) is -1.40. The number of Topliss-reactive ketones (excluding diaryl/α,β-unsaturated/α-hetero) is 1. The number of rotatable bonds is 5. The molecule has 8 heteroatoms. The summed E-state index contributed by atoms with van der Waals surface area (Å²) < 4.78 is 10.6. The van der Waals surface area contributed by atoms with Crippen LogP contribution in [-0.2, 0) is 9.59 Å². The maximum atomic E-state index is 13.2. The molecule has 4 rings (SSSR count). The molecular formula is C25H20ClNO6. The minimum atomic E-state index is -1.01. The van der Waals surface area contributed by atoms with Gasteiger partial charge in [0.05, 0.1) is 36.4 Å². The molecule has 7 nitrogen and oxygen atoms in total. The van der Waals surface area contributed by atoms with Gasteiger partial charge in [0.1, 0.15) is 23.0 Å². The SMILES string of the molecule is COc1cccc(N2C(=O)C(=O)/C(=C(\O)c3ccccc3OC)C2c2ccc(O)c(Cl)c2)c1. The van der Waals surface area contributed by atoms with Gasteiger partial charge in [-0.25, -0.2) is 0 Å². The highest BCUT2D eigenvalue weighted by molar-refractivity contribution is 6.51. The number of aliphatic hydroxyl groups is 1. The first-order valence-corrected chi connectivity index (χ1v) is 10.3. The Morgan fingerprint density at radius 2 is 1.73 bits per heavy atom. The van der Waals surface area contributed by atoms with Gasteiger partial charge in [0.25, 0.3) is 11.7 Å². The molecular weight excluding hydrogens is 446 g/mol. The minimum absolute atomic E-state index is 0.0426. The molecule has 1 amide bonds. The van der Waals surface area contributed by atoms with Gasteiger partial charge in [-0.15, -0.1) is 0 Å². The maximum absolute atomic E-state index is 13.2. The second-order valence-corrected chi connectivity index (χ2v) is 7.69. The number of ether oxygens (including phenoxy) is 2. The van der Waals surface area contributed by atoms with E-state index in [0.717, 1.165) is 0 Å². The van der Waals surface area contributed by atoms with Crippen molar-refractivity contribution in [2.45, 2.75) is 6.04 Å². The normalized spacial score (nSPS) is 17.3. The highest BCUT2D eigenvalue weighted by atomic mass is 35.5. The van der Waals surface area contributed by atoms with E-state index in [-0.39, 0.29) is 27.7 Å². The van der Waals surface area contributed by atoms with Crippen molar-refractivity contribution in [3.8, 4) is 17.2 Å². The number of anilines is 1. The second-order valence-electron chi connectivity index (χ2n) is 7.28. The van der Waals surface area contributed by atoms with Crippen LogP contribution in [0, 0.1) is 0 Å². The number of hydrogen-bond acceptors (Lipinski definition) is 6. The quantitative estimate of drug-likeness (QED) is 0.322. The predicted molar refractivity (Wildman–Crippen MR) is 124 cm³/mol. The summed E-state index contributed by atoms with van der Waals surface area (Å²) in [6.45, 7) is 0. The lowest BCUT2D eigenvalue weighted by Crippen LogP contribution is -2.29. The Morgan fingerprint density at radius 1 is 0.970 bits per heavy atom. The van der Waals surface area contributed by atoms with Crippen molar-refractivity contribution in [2.24, 2.45) is 0 Å². The summed E-state index contributed by atoms with van der Waals surface area (Å²) in [4.78, 5) is 27.7. The molecule has 33 heavy (non-hydrogen) atoms. The number of carbonyl (C=O) groups is 2. The fourth-order valence-corrected chi connectivity index (χ4v) is 4.04. The van der Waals surface area contributed by atoms with Crippen molar-refractivity contribution in [1.29, 1.82) is 0 Å². The summed E-state index contributed by atoms with van der Waals surface area (Å²) in [5.41, 5.74) is 0.952. The minimum Gasteiger partial charge on any atom is -0.507 e. The molecule has 0 radical (unpaired) electrons. The van der Waals surface area contributed by atoms with Gasteiger partial charge in [0, 0.05) is 11.8 Å². The molecule has 0 spiro atoms. The number of para-hydroxylation sites is 1. The predicted octanol–water partition coefficient (Wildman–Crippen LogP) is 4.69. The van der Waals surface area contributed by atoms with Crippen molar-refractivity contribution in [1.82, 2.24) is 0 Å². The molecule has 2 N–H and O–H groups in total. The molecule has 1 saturated heterocycles. The van der Waals surface area contributed by atoms with Gasteiger partial charge in [-0.2, -0.15) is 0 Å². The summed E-state index contributed by atoms with van der Waals surface area (Å²) in [6, 6.07) is 16.7. The molecule has 0 aliphatic carbocycles. The largest absolute Gasteiger partial charge is 0.507 e. The lowest BCUT2D eigenvalue weighted by molar-refractivity contribution is -0.132. The van der Waals surface area contributed by atoms with E-state index >= 15 is 0 Å². The van der Waals surface area contributed by atoms with Gasteiger partial charge in [-0.1, -0.05) is 35.9 Å². The van der Waals surface area contributed by atoms with Crippen LogP contribution in [0.1, 0.15) is 17.2 Å². The fraction of sp³-hybridized carbons (Fsp3) is 0.120. The van der Waals surface area contributed by atoms with Gasteiger partial charge in [0.15, 0.2) is 0 Å². The van der Waals surface area contributed by atoms with Crippen LogP contribution in [0.3, 0.4) is 0 Å². The smallest absolute Gasteiger partial charge is 0.300 e. The molecule has 3 aromatic carbocycles. The molecule has 0 saturated carbocycles. The first-order valence-electron chi connectivity index (χ1n) is 9.94. The third-order valence-electron chi connectivity index (χ3n) is 5.43. The number of benzene rings is 3. The van der Waals surface area contributed by atoms with Gasteiger partial charge in [-0.3, -0.25) is 14.5 Å². The van der Waals surface area contributed by atoms with E-state index in [1.165, 1.54) is 31.3 Å². The number of phenols is 1. The number of carbonyl (C=O) groups excluding carboxylic acids is 2. The first kappa shape index (κ1) is 22.2. The summed E-state index contributed by atoms with van der Waals surface area (Å²) in [7, 11) is 2.93. The van der Waals surface area contributed by atoms with Crippen molar-refractivity contribution in [3.63, 3.8) is 0 Å². The van der Waals surface area contributed by atoms with Crippen LogP contribution in [0.15, 0.2) is 72.3 Å². The van der Waals surface area contributed by atoms with Gasteiger partial charge in [0.2, 0.25) is 0 Å². The van der Waals surface area contributed by atoms with Crippen molar-refractivity contribution in [3.05, 3.63) is 88.5 Å². The average Bonchev–Trinajstić information content (AvgIpc) is 3.10. The molecule has 1 atom stereocenters. The molecule has 1 unspecified atom stereocenters. The van der Waals surface area contributed by atoms with Crippen LogP contribution < -0.4 is 14.4 Å². The Balaban J connectivity index is 1.99. The van der Waals surface area contributed by atoms with Crippen LogP contribution in [0.2, 0.25) is 5.02 Å². The molecule has 1 heterocycles. The molecule has 168 valence electrons. The van der Waals surface area contributed by atoms with E-state index in [2.05, 4.69) is 0 Å². The van der Waals surface area contributed by atoms with E-state index in [0.29, 0.717) is 22.7 Å². The van der Waals surface area contributed by atoms with Gasteiger partial charge in [-0.05, 0) is 42.0 Å². The Bertz CT molecular complexity index is 1290. The van der Waals surface area contributed by atoms with Crippen molar-refractivity contribution in [2.75, 3.05) is 19.1 Å². The third-order valence-corrected chi connectivity index (χ3v) is 5.73. The monoisotopic (exact) mass is 465 g/mol. The Morgan fingerprint density at radius 3 is 2.42 bits per heavy atom. The number of nitrogens with zero attached hydrogens (tertiary/aromatic N) is 1. The molecule has 0 bridgehead atoms. The third kappa shape index (κ3) is 3.87. The number of halogens is 1. The number of phenolic OH excluding ortho intramolecular Hbond substituents is 1. The molecule has 1 aliphatic heterocycles. The zero-order valence-electron chi connectivity index (χ0n) is 17.8. The average molecular weight is 466 g/mol. The molecule has 1 fully saturated rings. The lowest BCUT2D eigenvalue weighted by atomic mass is 9.94. The highest BCUT2D eigenvalue weighted by Gasteiger charge is 2.47. The Labute approximate surface area is 195 Å². The van der Waals surface area contributed by atoms with E-state index < -0.39 is 17.7 Å². The zero-order chi connectivity index (χ0) is 23.7. The number of ketones is 1. The maximum Gasteiger partial charge on any atom is 0.300 e. The first-order chi connectivity index (χ1) is 15.9. The fourth-order valence-electron chi connectivity index (χ4n) is 3.85. The number of aliphatic hydroxyl groups excluding tert-OH is 1. The summed E-state index contributed by atoms with van der Waals surface area (Å²) >= 11 is 6.14. The molecule has 1 aliphatic rings. The molecule has 0 aromatic heterocycles. The number of amides is 1. The number of hydrogen-bond donors (Lipinski definition) is 2. The van der Waals surface area contributed by atoms with E-state index in [1.54, 1.807) is 54.6 Å². The highest BCUT2D eigenvalue weighted by Crippen LogP contribution is 2.44. The topological polar surface area (TPSA) is 96.3 Å². The van der Waals surface area contributed by atoms with E-state index in [9.17, 15) is 19.8 Å². The number of methoxy groups -OCH3 is 2. The van der Waals surface area contributed by atoms with Crippen molar-refractivity contribution < 1.29 is 29.3 Å². The zero-order valence-corrected chi connectivity index (χ0v) is 18.5. The number of aromatic hydroxyl groups is 1. The Kier molecular flexibility index (Phi) is 5.98.